The summed E-state index contributed by atoms with van der Waals surface area (Å²) >= 11 is 0. The second-order valence-electron chi connectivity index (χ2n) is 6.39. The second-order valence-corrected chi connectivity index (χ2v) is 6.39. The van der Waals surface area contributed by atoms with Gasteiger partial charge in [0.25, 0.3) is 0 Å². The standard InChI is InChI=1S/C23H26O4/c1-3-4-5-6-7-8-15-26-21-13-10-19(11-14-21)23(25)27-22-12-9-18(2)20(16-22)17-24/h3,9-14,16-17H,1,4-8,15H2,2H3. The molecule has 27 heavy (non-hydrogen) atoms. The van der Waals surface area contributed by atoms with E-state index in [2.05, 4.69) is 6.58 Å². The fraction of sp³-hybridized carbons (Fsp3) is 0.304. The lowest BCUT2D eigenvalue weighted by atomic mass is 10.1. The number of allylic oxidation sites excluding steroid dienone is 1. The molecular formula is C23H26O4. The number of hydrogen-bond acceptors (Lipinski definition) is 4. The molecule has 0 atom stereocenters. The molecule has 0 aromatic heterocycles. The van der Waals surface area contributed by atoms with Crippen molar-refractivity contribution >= 4 is 12.3 Å². The minimum absolute atomic E-state index is 0.351. The van der Waals surface area contributed by atoms with E-state index in [1.54, 1.807) is 42.5 Å². The molecule has 0 N–H and O–H groups in total. The highest BCUT2D eigenvalue weighted by atomic mass is 16.5. The van der Waals surface area contributed by atoms with Crippen LogP contribution >= 0.6 is 0 Å². The highest BCUT2D eigenvalue weighted by molar-refractivity contribution is 5.91. The van der Waals surface area contributed by atoms with Gasteiger partial charge in [-0.15, -0.1) is 6.58 Å². The lowest BCUT2D eigenvalue weighted by Gasteiger charge is -2.08. The number of unbranched alkanes of at least 4 members (excludes halogenated alkanes) is 4. The minimum Gasteiger partial charge on any atom is -0.494 e. The van der Waals surface area contributed by atoms with E-state index in [0.717, 1.165) is 36.9 Å². The normalized spacial score (nSPS) is 10.3. The Morgan fingerprint density at radius 2 is 1.70 bits per heavy atom. The van der Waals surface area contributed by atoms with E-state index in [-0.39, 0.29) is 0 Å². The molecule has 0 spiro atoms. The van der Waals surface area contributed by atoms with Crippen LogP contribution in [0.4, 0.5) is 0 Å². The molecule has 2 rings (SSSR count). The highest BCUT2D eigenvalue weighted by Crippen LogP contribution is 2.19. The predicted molar refractivity (Wildman–Crippen MR) is 107 cm³/mol. The van der Waals surface area contributed by atoms with Crippen LogP contribution in [0.2, 0.25) is 0 Å². The molecule has 0 amide bonds. The Kier molecular flexibility index (Phi) is 8.30. The van der Waals surface area contributed by atoms with Crippen molar-refractivity contribution in [2.75, 3.05) is 6.61 Å². The summed E-state index contributed by atoms with van der Waals surface area (Å²) in [4.78, 5) is 23.2. The van der Waals surface area contributed by atoms with Crippen LogP contribution in [-0.4, -0.2) is 18.9 Å². The number of rotatable bonds is 11. The van der Waals surface area contributed by atoms with E-state index in [1.165, 1.54) is 12.8 Å². The molecule has 142 valence electrons. The van der Waals surface area contributed by atoms with Gasteiger partial charge in [0, 0.05) is 5.56 Å². The molecule has 0 aliphatic heterocycles. The van der Waals surface area contributed by atoms with Gasteiger partial charge in [-0.2, -0.15) is 0 Å². The average Bonchev–Trinajstić information content (AvgIpc) is 2.69. The quantitative estimate of drug-likeness (QED) is 0.172. The third-order valence-corrected chi connectivity index (χ3v) is 4.25. The van der Waals surface area contributed by atoms with Crippen molar-refractivity contribution in [1.29, 1.82) is 0 Å². The van der Waals surface area contributed by atoms with Crippen molar-refractivity contribution in [3.63, 3.8) is 0 Å². The van der Waals surface area contributed by atoms with Gasteiger partial charge >= 0.3 is 5.97 Å². The maximum Gasteiger partial charge on any atom is 0.343 e. The Morgan fingerprint density at radius 1 is 1.00 bits per heavy atom. The van der Waals surface area contributed by atoms with E-state index in [9.17, 15) is 9.59 Å². The largest absolute Gasteiger partial charge is 0.494 e. The molecule has 0 fully saturated rings. The first-order valence-electron chi connectivity index (χ1n) is 9.26. The van der Waals surface area contributed by atoms with Crippen LogP contribution in [0.25, 0.3) is 0 Å². The van der Waals surface area contributed by atoms with Gasteiger partial charge in [-0.25, -0.2) is 4.79 Å². The van der Waals surface area contributed by atoms with Crippen LogP contribution in [0.1, 0.15) is 58.4 Å². The van der Waals surface area contributed by atoms with Crippen molar-refractivity contribution < 1.29 is 19.1 Å². The first-order chi connectivity index (χ1) is 13.1. The molecule has 4 nitrogen and oxygen atoms in total. The van der Waals surface area contributed by atoms with Crippen LogP contribution in [0.3, 0.4) is 0 Å². The zero-order valence-electron chi connectivity index (χ0n) is 15.8. The molecule has 2 aromatic carbocycles. The molecule has 0 bridgehead atoms. The Morgan fingerprint density at radius 3 is 2.41 bits per heavy atom. The molecule has 0 saturated carbocycles. The van der Waals surface area contributed by atoms with Crippen molar-refractivity contribution in [3.05, 3.63) is 71.8 Å². The molecule has 0 saturated heterocycles. The van der Waals surface area contributed by atoms with Gasteiger partial charge in [0.05, 0.1) is 12.2 Å². The Balaban J connectivity index is 1.81. The van der Waals surface area contributed by atoms with Gasteiger partial charge in [-0.1, -0.05) is 25.0 Å². The van der Waals surface area contributed by atoms with Crippen molar-refractivity contribution in [2.24, 2.45) is 0 Å². The number of esters is 1. The second kappa shape index (κ2) is 11.0. The van der Waals surface area contributed by atoms with Crippen molar-refractivity contribution in [2.45, 2.75) is 39.0 Å². The van der Waals surface area contributed by atoms with E-state index in [4.69, 9.17) is 9.47 Å². The van der Waals surface area contributed by atoms with Gasteiger partial charge in [-0.3, -0.25) is 4.79 Å². The predicted octanol–water partition coefficient (Wildman–Crippen LogP) is 5.54. The number of aryl methyl sites for hydroxylation is 1. The molecule has 0 unspecified atom stereocenters. The van der Waals surface area contributed by atoms with Crippen LogP contribution in [0.5, 0.6) is 11.5 Å². The van der Waals surface area contributed by atoms with E-state index >= 15 is 0 Å². The smallest absolute Gasteiger partial charge is 0.343 e. The summed E-state index contributed by atoms with van der Waals surface area (Å²) in [7, 11) is 0. The molecule has 0 radical (unpaired) electrons. The van der Waals surface area contributed by atoms with Crippen LogP contribution < -0.4 is 9.47 Å². The zero-order valence-corrected chi connectivity index (χ0v) is 15.8. The lowest BCUT2D eigenvalue weighted by molar-refractivity contribution is 0.0734. The van der Waals surface area contributed by atoms with Crippen LogP contribution in [-0.2, 0) is 0 Å². The Labute approximate surface area is 160 Å². The summed E-state index contributed by atoms with van der Waals surface area (Å²) in [6, 6.07) is 11.9. The van der Waals surface area contributed by atoms with Crippen molar-refractivity contribution in [1.82, 2.24) is 0 Å². The fourth-order valence-corrected chi connectivity index (χ4v) is 2.60. The number of ether oxygens (including phenoxy) is 2. The molecule has 4 heteroatoms. The number of aldehydes is 1. The Hall–Kier alpha value is -2.88. The SMILES string of the molecule is C=CCCCCCCOc1ccc(C(=O)Oc2ccc(C)c(C=O)c2)cc1. The summed E-state index contributed by atoms with van der Waals surface area (Å²) < 4.78 is 11.0. The molecule has 0 aliphatic rings. The summed E-state index contributed by atoms with van der Waals surface area (Å²) in [5.41, 5.74) is 1.78. The van der Waals surface area contributed by atoms with Gasteiger partial charge in [0.2, 0.25) is 0 Å². The van der Waals surface area contributed by atoms with Gasteiger partial charge in [0.15, 0.2) is 0 Å². The monoisotopic (exact) mass is 366 g/mol. The van der Waals surface area contributed by atoms with E-state index in [1.807, 2.05) is 13.0 Å². The number of hydrogen-bond donors (Lipinski definition) is 0. The topological polar surface area (TPSA) is 52.6 Å². The maximum atomic E-state index is 12.2. The summed E-state index contributed by atoms with van der Waals surface area (Å²) in [6.45, 7) is 6.21. The summed E-state index contributed by atoms with van der Waals surface area (Å²) in [5.74, 6) is 0.616. The van der Waals surface area contributed by atoms with Gasteiger partial charge in [0.1, 0.15) is 17.8 Å². The zero-order chi connectivity index (χ0) is 19.5. The highest BCUT2D eigenvalue weighted by Gasteiger charge is 2.10. The number of carbonyl (C=O) groups is 2. The summed E-state index contributed by atoms with van der Waals surface area (Å²) in [6.07, 6.45) is 8.27. The third kappa shape index (κ3) is 6.74. The fourth-order valence-electron chi connectivity index (χ4n) is 2.60. The van der Waals surface area contributed by atoms with Crippen LogP contribution in [0.15, 0.2) is 55.1 Å². The van der Waals surface area contributed by atoms with Crippen molar-refractivity contribution in [3.8, 4) is 11.5 Å². The molecule has 0 heterocycles. The Bertz CT molecular complexity index is 762. The van der Waals surface area contributed by atoms with Crippen LogP contribution in [0, 0.1) is 6.92 Å². The average molecular weight is 366 g/mol. The summed E-state index contributed by atoms with van der Waals surface area (Å²) in [5, 5.41) is 0. The molecule has 2 aromatic rings. The van der Waals surface area contributed by atoms with Gasteiger partial charge in [-0.05, 0) is 68.1 Å². The van der Waals surface area contributed by atoms with E-state index in [0.29, 0.717) is 23.5 Å². The van der Waals surface area contributed by atoms with E-state index < -0.39 is 5.97 Å². The molecular weight excluding hydrogens is 340 g/mol. The molecule has 0 aliphatic carbocycles. The first kappa shape index (κ1) is 20.4. The third-order valence-electron chi connectivity index (χ3n) is 4.25. The first-order valence-corrected chi connectivity index (χ1v) is 9.26. The lowest BCUT2D eigenvalue weighted by Crippen LogP contribution is -2.09. The number of carbonyl (C=O) groups excluding carboxylic acids is 2. The number of benzene rings is 2. The van der Waals surface area contributed by atoms with Gasteiger partial charge < -0.3 is 9.47 Å². The maximum absolute atomic E-state index is 12.2. The minimum atomic E-state index is -0.468.